The predicted molar refractivity (Wildman–Crippen MR) is 94.3 cm³/mol. The van der Waals surface area contributed by atoms with E-state index in [0.29, 0.717) is 28.1 Å². The number of rotatable bonds is 3. The molecule has 8 nitrogen and oxygen atoms in total. The molecule has 0 radical (unpaired) electrons. The van der Waals surface area contributed by atoms with Crippen molar-refractivity contribution in [2.45, 2.75) is 6.92 Å². The summed E-state index contributed by atoms with van der Waals surface area (Å²) in [7, 11) is 0. The molecule has 0 bridgehead atoms. The molecule has 0 spiro atoms. The third-order valence-electron chi connectivity index (χ3n) is 3.60. The first-order valence-corrected chi connectivity index (χ1v) is 8.26. The Bertz CT molecular complexity index is 1140. The normalized spacial score (nSPS) is 10.9. The Hall–Kier alpha value is -3.33. The van der Waals surface area contributed by atoms with Crippen LogP contribution < -0.4 is 10.9 Å². The Morgan fingerprint density at radius 2 is 2.16 bits per heavy atom. The lowest BCUT2D eigenvalue weighted by Gasteiger charge is -2.10. The highest BCUT2D eigenvalue weighted by atomic mass is 32.1. The summed E-state index contributed by atoms with van der Waals surface area (Å²) >= 11 is 1.41. The van der Waals surface area contributed by atoms with Gasteiger partial charge in [-0.15, -0.1) is 11.3 Å². The fourth-order valence-electron chi connectivity index (χ4n) is 2.45. The smallest absolute Gasteiger partial charge is 0.275 e. The van der Waals surface area contributed by atoms with Gasteiger partial charge in [-0.1, -0.05) is 12.1 Å². The largest absolute Gasteiger partial charge is 0.319 e. The van der Waals surface area contributed by atoms with E-state index in [1.165, 1.54) is 28.5 Å². The molecular weight excluding hydrogens is 340 g/mol. The number of aryl methyl sites for hydroxylation is 1. The molecule has 25 heavy (non-hydrogen) atoms. The number of nitrogens with zero attached hydrogens (tertiary/aromatic N) is 4. The van der Waals surface area contributed by atoms with E-state index < -0.39 is 0 Å². The van der Waals surface area contributed by atoms with Gasteiger partial charge in [-0.25, -0.2) is 14.6 Å². The molecule has 0 unspecified atom stereocenters. The molecule has 0 saturated carbocycles. The standard InChI is InChI=1S/C16H12N6O2S/c1-9-20-12(7-25-9)16(24)21-11-4-2-3-5-13(11)22-14-10(6-19-22)15(23)18-8-17-14/h2-8H,1H3,(H,21,24)(H,17,18,23). The molecule has 0 atom stereocenters. The summed E-state index contributed by atoms with van der Waals surface area (Å²) in [5.41, 5.74) is 1.66. The summed E-state index contributed by atoms with van der Waals surface area (Å²) in [5, 5.41) is 9.98. The number of carbonyl (C=O) groups is 1. The van der Waals surface area contributed by atoms with Gasteiger partial charge in [-0.3, -0.25) is 9.59 Å². The number of fused-ring (bicyclic) bond motifs is 1. The van der Waals surface area contributed by atoms with Gasteiger partial charge >= 0.3 is 0 Å². The van der Waals surface area contributed by atoms with Crippen molar-refractivity contribution in [1.29, 1.82) is 0 Å². The molecule has 0 aliphatic rings. The molecule has 124 valence electrons. The second kappa shape index (κ2) is 5.95. The van der Waals surface area contributed by atoms with Crippen molar-refractivity contribution in [3.8, 4) is 5.69 Å². The van der Waals surface area contributed by atoms with Gasteiger partial charge in [0.15, 0.2) is 5.65 Å². The van der Waals surface area contributed by atoms with Gasteiger partial charge in [-0.2, -0.15) is 5.10 Å². The van der Waals surface area contributed by atoms with Crippen molar-refractivity contribution < 1.29 is 4.79 Å². The zero-order valence-electron chi connectivity index (χ0n) is 13.1. The van der Waals surface area contributed by atoms with Crippen LogP contribution in [0.3, 0.4) is 0 Å². The van der Waals surface area contributed by atoms with Crippen molar-refractivity contribution >= 4 is 34.0 Å². The highest BCUT2D eigenvalue weighted by Gasteiger charge is 2.15. The lowest BCUT2D eigenvalue weighted by molar-refractivity contribution is 0.102. The number of aromatic amines is 1. The molecule has 4 rings (SSSR count). The van der Waals surface area contributed by atoms with Crippen LogP contribution in [0.4, 0.5) is 5.69 Å². The van der Waals surface area contributed by atoms with Crippen molar-refractivity contribution in [3.63, 3.8) is 0 Å². The summed E-state index contributed by atoms with van der Waals surface area (Å²) in [6.07, 6.45) is 2.77. The minimum absolute atomic E-state index is 0.268. The summed E-state index contributed by atoms with van der Waals surface area (Å²) in [6.45, 7) is 1.84. The van der Waals surface area contributed by atoms with E-state index in [1.807, 2.05) is 13.0 Å². The van der Waals surface area contributed by atoms with E-state index in [2.05, 4.69) is 25.4 Å². The van der Waals surface area contributed by atoms with Crippen molar-refractivity contribution in [2.24, 2.45) is 0 Å². The molecule has 4 aromatic rings. The van der Waals surface area contributed by atoms with Crippen molar-refractivity contribution in [1.82, 2.24) is 24.7 Å². The number of hydrogen-bond acceptors (Lipinski definition) is 6. The fraction of sp³-hybridized carbons (Fsp3) is 0.0625. The molecule has 1 aromatic carbocycles. The molecule has 0 fully saturated rings. The van der Waals surface area contributed by atoms with E-state index >= 15 is 0 Å². The average Bonchev–Trinajstić information content (AvgIpc) is 3.23. The van der Waals surface area contributed by atoms with Crippen LogP contribution in [0.15, 0.2) is 47.0 Å². The SMILES string of the molecule is Cc1nc(C(=O)Nc2ccccc2-n2ncc3c(=O)[nH]cnc32)cs1. The second-order valence-electron chi connectivity index (χ2n) is 5.25. The molecule has 0 aliphatic carbocycles. The van der Waals surface area contributed by atoms with Gasteiger partial charge in [0.1, 0.15) is 11.1 Å². The Balaban J connectivity index is 1.77. The van der Waals surface area contributed by atoms with Crippen LogP contribution in [-0.2, 0) is 0 Å². The maximum Gasteiger partial charge on any atom is 0.275 e. The Morgan fingerprint density at radius 1 is 1.32 bits per heavy atom. The number of thiazole rings is 1. The van der Waals surface area contributed by atoms with Gasteiger partial charge in [0.05, 0.1) is 28.9 Å². The van der Waals surface area contributed by atoms with Crippen LogP contribution in [0.1, 0.15) is 15.5 Å². The second-order valence-corrected chi connectivity index (χ2v) is 6.31. The highest BCUT2D eigenvalue weighted by Crippen LogP contribution is 2.23. The van der Waals surface area contributed by atoms with E-state index in [1.54, 1.807) is 23.6 Å². The van der Waals surface area contributed by atoms with E-state index in [9.17, 15) is 9.59 Å². The fourth-order valence-corrected chi connectivity index (χ4v) is 3.04. The molecule has 9 heteroatoms. The van der Waals surface area contributed by atoms with Gasteiger partial charge < -0.3 is 10.3 Å². The monoisotopic (exact) mass is 352 g/mol. The number of aromatic nitrogens is 5. The van der Waals surface area contributed by atoms with Crippen LogP contribution in [0, 0.1) is 6.92 Å². The molecule has 3 heterocycles. The number of para-hydroxylation sites is 2. The third-order valence-corrected chi connectivity index (χ3v) is 4.38. The minimum atomic E-state index is -0.306. The van der Waals surface area contributed by atoms with Crippen LogP contribution in [0.25, 0.3) is 16.7 Å². The molecule has 3 aromatic heterocycles. The average molecular weight is 352 g/mol. The minimum Gasteiger partial charge on any atom is -0.319 e. The first-order chi connectivity index (χ1) is 12.1. The molecule has 2 N–H and O–H groups in total. The number of benzene rings is 1. The number of anilines is 1. The van der Waals surface area contributed by atoms with Crippen LogP contribution in [-0.4, -0.2) is 30.6 Å². The van der Waals surface area contributed by atoms with Gasteiger partial charge in [0.2, 0.25) is 0 Å². The quantitative estimate of drug-likeness (QED) is 0.587. The van der Waals surface area contributed by atoms with Crippen LogP contribution in [0.5, 0.6) is 0 Å². The summed E-state index contributed by atoms with van der Waals surface area (Å²) in [4.78, 5) is 35.1. The predicted octanol–water partition coefficient (Wildman–Crippen LogP) is 2.13. The maximum atomic E-state index is 12.4. The van der Waals surface area contributed by atoms with E-state index in [0.717, 1.165) is 5.01 Å². The van der Waals surface area contributed by atoms with Gasteiger partial charge in [0, 0.05) is 5.38 Å². The lowest BCUT2D eigenvalue weighted by atomic mass is 10.2. The Morgan fingerprint density at radius 3 is 2.96 bits per heavy atom. The molecule has 0 aliphatic heterocycles. The highest BCUT2D eigenvalue weighted by molar-refractivity contribution is 7.09. The number of amides is 1. The topological polar surface area (TPSA) is 106 Å². The zero-order valence-corrected chi connectivity index (χ0v) is 13.9. The number of hydrogen-bond donors (Lipinski definition) is 2. The van der Waals surface area contributed by atoms with E-state index in [4.69, 9.17) is 0 Å². The summed E-state index contributed by atoms with van der Waals surface area (Å²) in [6, 6.07) is 7.17. The first kappa shape index (κ1) is 15.2. The van der Waals surface area contributed by atoms with Crippen LogP contribution in [0.2, 0.25) is 0 Å². The number of H-pyrrole nitrogens is 1. The van der Waals surface area contributed by atoms with Crippen molar-refractivity contribution in [2.75, 3.05) is 5.32 Å². The molecular formula is C16H12N6O2S. The van der Waals surface area contributed by atoms with Crippen LogP contribution >= 0.6 is 11.3 Å². The summed E-state index contributed by atoms with van der Waals surface area (Å²) < 4.78 is 1.52. The molecule has 0 saturated heterocycles. The van der Waals surface area contributed by atoms with E-state index in [-0.39, 0.29) is 11.5 Å². The first-order valence-electron chi connectivity index (χ1n) is 7.38. The number of carbonyl (C=O) groups excluding carboxylic acids is 1. The summed E-state index contributed by atoms with van der Waals surface area (Å²) in [5.74, 6) is -0.306. The maximum absolute atomic E-state index is 12.4. The van der Waals surface area contributed by atoms with Gasteiger partial charge in [-0.05, 0) is 19.1 Å². The number of nitrogens with one attached hydrogen (secondary N) is 2. The van der Waals surface area contributed by atoms with Gasteiger partial charge in [0.25, 0.3) is 11.5 Å². The molecule has 1 amide bonds. The third kappa shape index (κ3) is 2.70. The Labute approximate surface area is 145 Å². The lowest BCUT2D eigenvalue weighted by Crippen LogP contribution is -2.15. The van der Waals surface area contributed by atoms with Crippen molar-refractivity contribution in [3.05, 3.63) is 63.2 Å². The zero-order chi connectivity index (χ0) is 17.4. The Kier molecular flexibility index (Phi) is 3.62.